The molecule has 1 unspecified atom stereocenters. The summed E-state index contributed by atoms with van der Waals surface area (Å²) in [6.45, 7) is 0. The van der Waals surface area contributed by atoms with E-state index in [4.69, 9.17) is 5.11 Å². The Hall–Kier alpha value is 0.230. The highest BCUT2D eigenvalue weighted by molar-refractivity contribution is 9.09. The van der Waals surface area contributed by atoms with Gasteiger partial charge in [0.2, 0.25) is 0 Å². The van der Waals surface area contributed by atoms with Gasteiger partial charge in [-0.1, -0.05) is 48.0 Å². The van der Waals surface area contributed by atoms with E-state index < -0.39 is 6.16 Å². The summed E-state index contributed by atoms with van der Waals surface area (Å²) in [5.74, 6) is 0. The molecule has 0 saturated heterocycles. The molecule has 1 atom stereocenters. The number of hydrogen-bond donors (Lipinski definition) is 1. The van der Waals surface area contributed by atoms with Gasteiger partial charge in [-0.25, -0.2) is 4.79 Å². The minimum Gasteiger partial charge on any atom is -0.450 e. The maximum Gasteiger partial charge on any atom is 0.506 e. The summed E-state index contributed by atoms with van der Waals surface area (Å²) in [4.78, 5) is 10.2. The molecule has 0 aliphatic carbocycles. The quantitative estimate of drug-likeness (QED) is 0.342. The lowest BCUT2D eigenvalue weighted by atomic mass is 10.1. The Kier molecular flexibility index (Phi) is 11.9. The Bertz CT molecular complexity index is 177. The molecule has 1 N–H and O–H groups in total. The predicted octanol–water partition coefficient (Wildman–Crippen LogP) is 4.92. The summed E-state index contributed by atoms with van der Waals surface area (Å²) in [6.07, 6.45) is 8.08. The van der Waals surface area contributed by atoms with Crippen molar-refractivity contribution < 1.29 is 14.6 Å². The van der Waals surface area contributed by atoms with E-state index in [0.29, 0.717) is 0 Å². The number of ether oxygens (including phenoxy) is 1. The van der Waals surface area contributed by atoms with E-state index in [9.17, 15) is 4.79 Å². The van der Waals surface area contributed by atoms with Crippen molar-refractivity contribution in [2.75, 3.05) is 5.33 Å². The third-order valence-corrected chi connectivity index (χ3v) is 3.50. The van der Waals surface area contributed by atoms with Crippen LogP contribution in [0.4, 0.5) is 4.79 Å². The number of unbranched alkanes of at least 4 members (excludes halogenated alkanes) is 6. The van der Waals surface area contributed by atoms with E-state index in [0.717, 1.165) is 24.6 Å². The van der Waals surface area contributed by atoms with Gasteiger partial charge in [-0.15, -0.1) is 0 Å². The lowest BCUT2D eigenvalue weighted by Crippen LogP contribution is -2.09. The molecular weight excluding hydrogens is 340 g/mol. The highest BCUT2D eigenvalue weighted by Gasteiger charge is 2.07. The Morgan fingerprint density at radius 1 is 1.06 bits per heavy atom. The average molecular weight is 360 g/mol. The molecule has 0 fully saturated rings. The molecular formula is C11H20Br2O3. The molecule has 0 aromatic rings. The lowest BCUT2D eigenvalue weighted by molar-refractivity contribution is 0.0811. The maximum atomic E-state index is 10.2. The third kappa shape index (κ3) is 12.3. The van der Waals surface area contributed by atoms with Gasteiger partial charge >= 0.3 is 6.16 Å². The Labute approximate surface area is 114 Å². The first kappa shape index (κ1) is 16.2. The summed E-state index contributed by atoms with van der Waals surface area (Å²) in [7, 11) is 0. The highest BCUT2D eigenvalue weighted by Crippen LogP contribution is 2.14. The molecule has 0 amide bonds. The standard InChI is InChI=1S/C11H20Br2O3/c12-9-7-5-3-1-2-4-6-8-10(13)16-11(14)15/h10H,1-9H2,(H,14,15). The SMILES string of the molecule is O=C(O)OC(Br)CCCCCCCCCBr. The highest BCUT2D eigenvalue weighted by atomic mass is 79.9. The number of hydrogen-bond acceptors (Lipinski definition) is 2. The molecule has 0 aliphatic heterocycles. The molecule has 0 aromatic carbocycles. The van der Waals surface area contributed by atoms with Gasteiger partial charge in [0, 0.05) is 5.33 Å². The van der Waals surface area contributed by atoms with Gasteiger partial charge in [-0.2, -0.15) is 0 Å². The maximum absolute atomic E-state index is 10.2. The number of halogens is 2. The Morgan fingerprint density at radius 3 is 2.06 bits per heavy atom. The molecule has 0 spiro atoms. The van der Waals surface area contributed by atoms with Crippen molar-refractivity contribution >= 4 is 38.0 Å². The van der Waals surface area contributed by atoms with Gasteiger partial charge in [0.15, 0.2) is 5.01 Å². The summed E-state index contributed by atoms with van der Waals surface area (Å²) < 4.78 is 4.54. The van der Waals surface area contributed by atoms with E-state index in [-0.39, 0.29) is 5.01 Å². The first-order chi connectivity index (χ1) is 7.66. The van der Waals surface area contributed by atoms with Crippen molar-refractivity contribution in [3.63, 3.8) is 0 Å². The molecule has 96 valence electrons. The van der Waals surface area contributed by atoms with Crippen molar-refractivity contribution in [3.05, 3.63) is 0 Å². The molecule has 16 heavy (non-hydrogen) atoms. The van der Waals surface area contributed by atoms with Crippen LogP contribution in [0, 0.1) is 0 Å². The second kappa shape index (κ2) is 11.7. The fraction of sp³-hybridized carbons (Fsp3) is 0.909. The molecule has 5 heteroatoms. The van der Waals surface area contributed by atoms with Crippen molar-refractivity contribution in [1.29, 1.82) is 0 Å². The van der Waals surface area contributed by atoms with Gasteiger partial charge in [0.25, 0.3) is 0 Å². The fourth-order valence-electron chi connectivity index (χ4n) is 1.45. The smallest absolute Gasteiger partial charge is 0.450 e. The normalized spacial score (nSPS) is 12.4. The zero-order valence-corrected chi connectivity index (χ0v) is 12.6. The topological polar surface area (TPSA) is 46.5 Å². The lowest BCUT2D eigenvalue weighted by Gasteiger charge is -2.08. The van der Waals surface area contributed by atoms with E-state index in [1.807, 2.05) is 0 Å². The molecule has 0 heterocycles. The monoisotopic (exact) mass is 358 g/mol. The van der Waals surface area contributed by atoms with Gasteiger partial charge in [0.05, 0.1) is 0 Å². The van der Waals surface area contributed by atoms with Gasteiger partial charge in [0.1, 0.15) is 0 Å². The average Bonchev–Trinajstić information content (AvgIpc) is 2.21. The summed E-state index contributed by atoms with van der Waals surface area (Å²) >= 11 is 6.59. The molecule has 0 aliphatic rings. The fourth-order valence-corrected chi connectivity index (χ4v) is 2.33. The second-order valence-electron chi connectivity index (χ2n) is 3.75. The van der Waals surface area contributed by atoms with Crippen LogP contribution >= 0.6 is 31.9 Å². The number of carboxylic acid groups (broad SMARTS) is 1. The van der Waals surface area contributed by atoms with Crippen molar-refractivity contribution in [1.82, 2.24) is 0 Å². The molecule has 3 nitrogen and oxygen atoms in total. The van der Waals surface area contributed by atoms with Crippen molar-refractivity contribution in [2.45, 2.75) is 56.4 Å². The molecule has 0 aromatic heterocycles. The summed E-state index contributed by atoms with van der Waals surface area (Å²) in [5, 5.41) is 9.10. The number of alkyl halides is 2. The Balaban J connectivity index is 3.11. The van der Waals surface area contributed by atoms with E-state index in [2.05, 4.69) is 36.6 Å². The van der Waals surface area contributed by atoms with Gasteiger partial charge in [-0.3, -0.25) is 0 Å². The van der Waals surface area contributed by atoms with Crippen LogP contribution in [0.3, 0.4) is 0 Å². The van der Waals surface area contributed by atoms with Crippen molar-refractivity contribution in [2.24, 2.45) is 0 Å². The van der Waals surface area contributed by atoms with Gasteiger partial charge < -0.3 is 9.84 Å². The molecule has 0 radical (unpaired) electrons. The van der Waals surface area contributed by atoms with Crippen LogP contribution in [-0.4, -0.2) is 21.6 Å². The van der Waals surface area contributed by atoms with Crippen LogP contribution in [0.2, 0.25) is 0 Å². The Morgan fingerprint density at radius 2 is 1.56 bits per heavy atom. The number of rotatable bonds is 10. The molecule has 0 saturated carbocycles. The largest absolute Gasteiger partial charge is 0.506 e. The van der Waals surface area contributed by atoms with E-state index >= 15 is 0 Å². The van der Waals surface area contributed by atoms with Crippen molar-refractivity contribution in [3.8, 4) is 0 Å². The van der Waals surface area contributed by atoms with Crippen LogP contribution in [0.5, 0.6) is 0 Å². The van der Waals surface area contributed by atoms with E-state index in [1.54, 1.807) is 0 Å². The van der Waals surface area contributed by atoms with Gasteiger partial charge in [-0.05, 0) is 35.2 Å². The first-order valence-electron chi connectivity index (χ1n) is 5.76. The third-order valence-electron chi connectivity index (χ3n) is 2.29. The summed E-state index contributed by atoms with van der Waals surface area (Å²) in [6, 6.07) is 0. The second-order valence-corrected chi connectivity index (χ2v) is 5.56. The van der Waals surface area contributed by atoms with Crippen LogP contribution < -0.4 is 0 Å². The number of carbonyl (C=O) groups is 1. The summed E-state index contributed by atoms with van der Waals surface area (Å²) in [5.41, 5.74) is 0. The zero-order valence-electron chi connectivity index (χ0n) is 9.46. The van der Waals surface area contributed by atoms with Crippen LogP contribution in [-0.2, 0) is 4.74 Å². The first-order valence-corrected chi connectivity index (χ1v) is 7.80. The minimum absolute atomic E-state index is 0.349. The zero-order chi connectivity index (χ0) is 12.2. The minimum atomic E-state index is -1.21. The predicted molar refractivity (Wildman–Crippen MR) is 72.6 cm³/mol. The molecule has 0 bridgehead atoms. The van der Waals surface area contributed by atoms with Crippen LogP contribution in [0.25, 0.3) is 0 Å². The van der Waals surface area contributed by atoms with E-state index in [1.165, 1.54) is 32.1 Å². The van der Waals surface area contributed by atoms with Crippen LogP contribution in [0.15, 0.2) is 0 Å². The van der Waals surface area contributed by atoms with Crippen LogP contribution in [0.1, 0.15) is 51.4 Å². The molecule has 0 rings (SSSR count).